The van der Waals surface area contributed by atoms with Crippen molar-refractivity contribution in [1.82, 2.24) is 5.32 Å². The second kappa shape index (κ2) is 2.88. The maximum atomic E-state index is 11.4. The van der Waals surface area contributed by atoms with Gasteiger partial charge < -0.3 is 5.32 Å². The van der Waals surface area contributed by atoms with E-state index in [4.69, 9.17) is 0 Å². The molecule has 0 radical (unpaired) electrons. The number of Topliss-reactive ketones (excluding diaryl/α,β-unsaturated/α-hetero) is 1. The topological polar surface area (TPSA) is 46.2 Å². The molecule has 12 heavy (non-hydrogen) atoms. The Morgan fingerprint density at radius 1 is 1.17 bits per heavy atom. The van der Waals surface area contributed by atoms with Crippen molar-refractivity contribution in [1.29, 1.82) is 0 Å². The van der Waals surface area contributed by atoms with E-state index in [1.807, 2.05) is 0 Å². The van der Waals surface area contributed by atoms with E-state index in [2.05, 4.69) is 5.32 Å². The van der Waals surface area contributed by atoms with Crippen LogP contribution in [0.3, 0.4) is 0 Å². The van der Waals surface area contributed by atoms with Crippen molar-refractivity contribution in [3.05, 3.63) is 0 Å². The normalized spacial score (nSPS) is 35.7. The maximum Gasteiger partial charge on any atom is 0.220 e. The second-order valence-corrected chi connectivity index (χ2v) is 3.68. The van der Waals surface area contributed by atoms with Gasteiger partial charge in [-0.15, -0.1) is 0 Å². The lowest BCUT2D eigenvalue weighted by molar-refractivity contribution is -0.131. The zero-order valence-electron chi connectivity index (χ0n) is 7.01. The standard InChI is InChI=1S/C9H13NO2/c11-8-3-1-2-7-6(8)4-5-9(12)10-7/h6-7H,1-5H2,(H,10,12). The molecule has 3 nitrogen and oxygen atoms in total. The van der Waals surface area contributed by atoms with Crippen LogP contribution in [0.2, 0.25) is 0 Å². The van der Waals surface area contributed by atoms with Crippen molar-refractivity contribution >= 4 is 11.7 Å². The summed E-state index contributed by atoms with van der Waals surface area (Å²) in [7, 11) is 0. The average Bonchev–Trinajstić information content (AvgIpc) is 2.04. The van der Waals surface area contributed by atoms with Crippen LogP contribution in [0.5, 0.6) is 0 Å². The molecule has 1 saturated carbocycles. The van der Waals surface area contributed by atoms with Crippen molar-refractivity contribution in [3.8, 4) is 0 Å². The quantitative estimate of drug-likeness (QED) is 0.575. The van der Waals surface area contributed by atoms with Crippen LogP contribution in [0.25, 0.3) is 0 Å². The van der Waals surface area contributed by atoms with E-state index in [0.717, 1.165) is 25.7 Å². The number of nitrogens with one attached hydrogen (secondary N) is 1. The molecular weight excluding hydrogens is 154 g/mol. The number of hydrogen-bond acceptors (Lipinski definition) is 2. The molecule has 2 rings (SSSR count). The van der Waals surface area contributed by atoms with Gasteiger partial charge in [0.05, 0.1) is 0 Å². The van der Waals surface area contributed by atoms with Crippen LogP contribution in [0.4, 0.5) is 0 Å². The predicted molar refractivity (Wildman–Crippen MR) is 43.5 cm³/mol. The van der Waals surface area contributed by atoms with Crippen LogP contribution in [0.1, 0.15) is 32.1 Å². The lowest BCUT2D eigenvalue weighted by atomic mass is 9.78. The lowest BCUT2D eigenvalue weighted by Crippen LogP contribution is -2.49. The van der Waals surface area contributed by atoms with Gasteiger partial charge in [0.25, 0.3) is 0 Å². The zero-order valence-corrected chi connectivity index (χ0v) is 7.01. The number of carbonyl (C=O) groups is 2. The highest BCUT2D eigenvalue weighted by atomic mass is 16.2. The van der Waals surface area contributed by atoms with Crippen molar-refractivity contribution in [2.45, 2.75) is 38.1 Å². The molecule has 1 aliphatic heterocycles. The largest absolute Gasteiger partial charge is 0.353 e. The monoisotopic (exact) mass is 167 g/mol. The number of carbonyl (C=O) groups excluding carboxylic acids is 2. The van der Waals surface area contributed by atoms with E-state index in [0.29, 0.717) is 12.2 Å². The smallest absolute Gasteiger partial charge is 0.220 e. The molecule has 2 fully saturated rings. The molecule has 0 aromatic rings. The second-order valence-electron chi connectivity index (χ2n) is 3.68. The number of piperidine rings is 1. The minimum atomic E-state index is 0.117. The first-order chi connectivity index (χ1) is 5.77. The first-order valence-corrected chi connectivity index (χ1v) is 4.59. The Hall–Kier alpha value is -0.860. The van der Waals surface area contributed by atoms with Crippen molar-refractivity contribution < 1.29 is 9.59 Å². The van der Waals surface area contributed by atoms with Crippen LogP contribution >= 0.6 is 0 Å². The summed E-state index contributed by atoms with van der Waals surface area (Å²) in [5.74, 6) is 0.605. The van der Waals surface area contributed by atoms with E-state index in [9.17, 15) is 9.59 Å². The molecule has 2 unspecified atom stereocenters. The van der Waals surface area contributed by atoms with Crippen LogP contribution in [0.15, 0.2) is 0 Å². The van der Waals surface area contributed by atoms with Gasteiger partial charge in [-0.25, -0.2) is 0 Å². The molecule has 0 aromatic heterocycles. The Morgan fingerprint density at radius 2 is 2.00 bits per heavy atom. The van der Waals surface area contributed by atoms with Gasteiger partial charge in [-0.2, -0.15) is 0 Å². The Balaban J connectivity index is 2.09. The summed E-state index contributed by atoms with van der Waals surface area (Å²) in [4.78, 5) is 22.4. The number of rotatable bonds is 0. The number of fused-ring (bicyclic) bond motifs is 1. The summed E-state index contributed by atoms with van der Waals surface area (Å²) in [6.07, 6.45) is 3.96. The fourth-order valence-corrected chi connectivity index (χ4v) is 2.21. The van der Waals surface area contributed by atoms with E-state index in [1.165, 1.54) is 0 Å². The predicted octanol–water partition coefficient (Wildman–Crippen LogP) is 0.634. The van der Waals surface area contributed by atoms with Gasteiger partial charge in [-0.3, -0.25) is 9.59 Å². The first kappa shape index (κ1) is 7.77. The van der Waals surface area contributed by atoms with E-state index < -0.39 is 0 Å². The Bertz CT molecular complexity index is 225. The van der Waals surface area contributed by atoms with Gasteiger partial charge in [0.1, 0.15) is 5.78 Å². The summed E-state index contributed by atoms with van der Waals surface area (Å²) in [6, 6.07) is 0.160. The summed E-state index contributed by atoms with van der Waals surface area (Å²) in [6.45, 7) is 0. The molecule has 66 valence electrons. The summed E-state index contributed by atoms with van der Waals surface area (Å²) >= 11 is 0. The fourth-order valence-electron chi connectivity index (χ4n) is 2.21. The molecule has 1 aliphatic carbocycles. The van der Waals surface area contributed by atoms with Gasteiger partial charge in [-0.05, 0) is 19.3 Å². The average molecular weight is 167 g/mol. The SMILES string of the molecule is O=C1CCC2C(=O)CCCC2N1. The minimum Gasteiger partial charge on any atom is -0.353 e. The Labute approximate surface area is 71.5 Å². The third kappa shape index (κ3) is 1.24. The van der Waals surface area contributed by atoms with Gasteiger partial charge >= 0.3 is 0 Å². The number of amides is 1. The van der Waals surface area contributed by atoms with Gasteiger partial charge in [-0.1, -0.05) is 0 Å². The van der Waals surface area contributed by atoms with Crippen LogP contribution in [-0.2, 0) is 9.59 Å². The van der Waals surface area contributed by atoms with E-state index >= 15 is 0 Å². The van der Waals surface area contributed by atoms with Crippen molar-refractivity contribution in [2.24, 2.45) is 5.92 Å². The Morgan fingerprint density at radius 3 is 2.83 bits per heavy atom. The number of hydrogen-bond donors (Lipinski definition) is 1. The van der Waals surface area contributed by atoms with Crippen LogP contribution in [0, 0.1) is 5.92 Å². The molecule has 1 amide bonds. The molecule has 1 saturated heterocycles. The third-order valence-electron chi connectivity index (χ3n) is 2.87. The summed E-state index contributed by atoms with van der Waals surface area (Å²) in [5.41, 5.74) is 0. The van der Waals surface area contributed by atoms with Crippen molar-refractivity contribution in [3.63, 3.8) is 0 Å². The maximum absolute atomic E-state index is 11.4. The highest BCUT2D eigenvalue weighted by Crippen LogP contribution is 2.27. The van der Waals surface area contributed by atoms with Crippen LogP contribution < -0.4 is 5.32 Å². The molecule has 2 atom stereocenters. The van der Waals surface area contributed by atoms with Gasteiger partial charge in [0.2, 0.25) is 5.91 Å². The molecular formula is C9H13NO2. The first-order valence-electron chi connectivity index (χ1n) is 4.59. The van der Waals surface area contributed by atoms with Gasteiger partial charge in [0, 0.05) is 24.8 Å². The summed E-state index contributed by atoms with van der Waals surface area (Å²) < 4.78 is 0. The highest BCUT2D eigenvalue weighted by molar-refractivity contribution is 5.86. The molecule has 0 aromatic carbocycles. The third-order valence-corrected chi connectivity index (χ3v) is 2.87. The highest BCUT2D eigenvalue weighted by Gasteiger charge is 2.35. The molecule has 1 N–H and O–H groups in total. The van der Waals surface area contributed by atoms with Crippen LogP contribution in [-0.4, -0.2) is 17.7 Å². The molecule has 0 spiro atoms. The zero-order chi connectivity index (χ0) is 8.55. The summed E-state index contributed by atoms with van der Waals surface area (Å²) in [5, 5.41) is 2.89. The van der Waals surface area contributed by atoms with E-state index in [1.54, 1.807) is 0 Å². The van der Waals surface area contributed by atoms with E-state index in [-0.39, 0.29) is 17.9 Å². The van der Waals surface area contributed by atoms with Crippen molar-refractivity contribution in [2.75, 3.05) is 0 Å². The molecule has 1 heterocycles. The number of ketones is 1. The fraction of sp³-hybridized carbons (Fsp3) is 0.778. The Kier molecular flexibility index (Phi) is 1.87. The van der Waals surface area contributed by atoms with Gasteiger partial charge in [0.15, 0.2) is 0 Å². The molecule has 0 bridgehead atoms. The molecule has 2 aliphatic rings. The minimum absolute atomic E-state index is 0.117. The molecule has 3 heteroatoms. The lowest BCUT2D eigenvalue weighted by Gasteiger charge is -2.34.